The number of aliphatic hydroxyl groups is 1. The van der Waals surface area contributed by atoms with Gasteiger partial charge in [0.1, 0.15) is 23.8 Å². The highest BCUT2D eigenvalue weighted by atomic mass is 19.3. The number of imidazole rings is 1. The Morgan fingerprint density at radius 3 is 2.62 bits per heavy atom. The summed E-state index contributed by atoms with van der Waals surface area (Å²) in [4.78, 5) is 18.5. The molecule has 0 saturated carbocycles. The first-order chi connectivity index (χ1) is 18.6. The number of nitrogens with two attached hydrogens (primary N) is 2. The van der Waals surface area contributed by atoms with Gasteiger partial charge in [-0.25, -0.2) is 36.9 Å². The maximum atomic E-state index is 13.8. The second kappa shape index (κ2) is 10.3. The minimum Gasteiger partial charge on any atom is -0.385 e. The predicted molar refractivity (Wildman–Crippen MR) is 134 cm³/mol. The highest BCUT2D eigenvalue weighted by Gasteiger charge is 2.43. The van der Waals surface area contributed by atoms with Crippen molar-refractivity contribution >= 4 is 22.7 Å². The topological polar surface area (TPSA) is 132 Å². The summed E-state index contributed by atoms with van der Waals surface area (Å²) in [5, 5.41) is 10.1. The molecule has 1 aliphatic rings. The molecule has 1 aliphatic heterocycles. The Balaban J connectivity index is 1.61. The van der Waals surface area contributed by atoms with Crippen molar-refractivity contribution in [3.63, 3.8) is 0 Å². The van der Waals surface area contributed by atoms with Gasteiger partial charge in [0.15, 0.2) is 11.5 Å². The predicted octanol–water partition coefficient (Wildman–Crippen LogP) is 3.52. The summed E-state index contributed by atoms with van der Waals surface area (Å²) in [6.07, 6.45) is -3.20. The SMILES string of the molecule is Nc1ncnc2c1ncn2Cc1cc(-c2ccc(F)cc2C(F)F)ncc1N1CCC[C@](N)([C@H](O)C(F)F)C1. The molecule has 1 fully saturated rings. The first-order valence-corrected chi connectivity index (χ1v) is 12.1. The molecular weight excluding hydrogens is 523 g/mol. The molecule has 1 aromatic carbocycles. The van der Waals surface area contributed by atoms with Gasteiger partial charge in [0.05, 0.1) is 36.0 Å². The quantitative estimate of drug-likeness (QED) is 0.299. The summed E-state index contributed by atoms with van der Waals surface area (Å²) < 4.78 is 69.7. The molecular formula is C25H25F5N8O. The van der Waals surface area contributed by atoms with Crippen LogP contribution in [0.1, 0.15) is 30.4 Å². The van der Waals surface area contributed by atoms with Crippen LogP contribution in [0.15, 0.2) is 43.1 Å². The van der Waals surface area contributed by atoms with Gasteiger partial charge in [0.25, 0.3) is 12.9 Å². The normalized spacial score (nSPS) is 18.8. The number of pyridine rings is 1. The number of anilines is 2. The number of alkyl halides is 4. The highest BCUT2D eigenvalue weighted by molar-refractivity contribution is 5.81. The van der Waals surface area contributed by atoms with Crippen LogP contribution < -0.4 is 16.4 Å². The molecule has 4 heterocycles. The van der Waals surface area contributed by atoms with Crippen molar-refractivity contribution in [2.75, 3.05) is 23.7 Å². The molecule has 4 aromatic rings. The number of hydrogen-bond acceptors (Lipinski definition) is 8. The summed E-state index contributed by atoms with van der Waals surface area (Å²) in [5.74, 6) is -0.634. The van der Waals surface area contributed by atoms with E-state index in [0.717, 1.165) is 12.1 Å². The lowest BCUT2D eigenvalue weighted by Crippen LogP contribution is -2.63. The molecule has 39 heavy (non-hydrogen) atoms. The van der Waals surface area contributed by atoms with E-state index in [2.05, 4.69) is 19.9 Å². The number of aromatic nitrogens is 5. The largest absolute Gasteiger partial charge is 0.385 e. The van der Waals surface area contributed by atoms with E-state index in [0.29, 0.717) is 35.4 Å². The maximum Gasteiger partial charge on any atom is 0.265 e. The smallest absolute Gasteiger partial charge is 0.265 e. The van der Waals surface area contributed by atoms with Gasteiger partial charge in [-0.2, -0.15) is 0 Å². The van der Waals surface area contributed by atoms with Gasteiger partial charge in [-0.3, -0.25) is 4.98 Å². The average molecular weight is 549 g/mol. The minimum absolute atomic E-state index is 0.0428. The van der Waals surface area contributed by atoms with Crippen LogP contribution in [0.3, 0.4) is 0 Å². The fourth-order valence-corrected chi connectivity index (χ4v) is 5.00. The number of piperidine rings is 1. The number of benzene rings is 1. The van der Waals surface area contributed by atoms with Crippen LogP contribution in [0.5, 0.6) is 0 Å². The van der Waals surface area contributed by atoms with E-state index in [4.69, 9.17) is 11.5 Å². The van der Waals surface area contributed by atoms with E-state index in [1.807, 2.05) is 0 Å². The fraction of sp³-hybridized carbons (Fsp3) is 0.360. The third-order valence-electron chi connectivity index (χ3n) is 6.98. The summed E-state index contributed by atoms with van der Waals surface area (Å²) >= 11 is 0. The average Bonchev–Trinajstić information content (AvgIpc) is 3.32. The number of nitrogens with zero attached hydrogens (tertiary/aromatic N) is 6. The lowest BCUT2D eigenvalue weighted by Gasteiger charge is -2.44. The van der Waals surface area contributed by atoms with E-state index in [1.54, 1.807) is 15.5 Å². The van der Waals surface area contributed by atoms with Gasteiger partial charge < -0.3 is 26.0 Å². The van der Waals surface area contributed by atoms with Crippen LogP contribution in [0.25, 0.3) is 22.4 Å². The van der Waals surface area contributed by atoms with E-state index in [9.17, 15) is 27.1 Å². The first-order valence-electron chi connectivity index (χ1n) is 12.1. The number of fused-ring (bicyclic) bond motifs is 1. The lowest BCUT2D eigenvalue weighted by molar-refractivity contribution is -0.0529. The molecule has 0 spiro atoms. The van der Waals surface area contributed by atoms with Crippen molar-refractivity contribution in [3.8, 4) is 11.3 Å². The fourth-order valence-electron chi connectivity index (χ4n) is 5.00. The van der Waals surface area contributed by atoms with Gasteiger partial charge in [-0.1, -0.05) is 0 Å². The third-order valence-corrected chi connectivity index (χ3v) is 6.98. The zero-order valence-electron chi connectivity index (χ0n) is 20.5. The van der Waals surface area contributed by atoms with Crippen LogP contribution in [-0.2, 0) is 6.54 Å². The summed E-state index contributed by atoms with van der Waals surface area (Å²) in [6.45, 7) is 0.460. The number of rotatable bonds is 7. The zero-order chi connectivity index (χ0) is 27.9. The number of aliphatic hydroxyl groups excluding tert-OH is 1. The second-order valence-corrected chi connectivity index (χ2v) is 9.57. The Morgan fingerprint density at radius 2 is 1.87 bits per heavy atom. The van der Waals surface area contributed by atoms with Crippen LogP contribution in [0.2, 0.25) is 0 Å². The van der Waals surface area contributed by atoms with Crippen molar-refractivity contribution in [1.82, 2.24) is 24.5 Å². The Morgan fingerprint density at radius 1 is 1.08 bits per heavy atom. The van der Waals surface area contributed by atoms with Gasteiger partial charge in [0, 0.05) is 24.2 Å². The van der Waals surface area contributed by atoms with Crippen molar-refractivity contribution < 1.29 is 27.1 Å². The Bertz CT molecular complexity index is 1500. The lowest BCUT2D eigenvalue weighted by atomic mass is 9.84. The molecule has 5 rings (SSSR count). The maximum absolute atomic E-state index is 13.8. The zero-order valence-corrected chi connectivity index (χ0v) is 20.5. The van der Waals surface area contributed by atoms with Gasteiger partial charge in [-0.15, -0.1) is 0 Å². The molecule has 206 valence electrons. The van der Waals surface area contributed by atoms with Gasteiger partial charge in [0.2, 0.25) is 0 Å². The van der Waals surface area contributed by atoms with E-state index >= 15 is 0 Å². The first kappa shape index (κ1) is 26.7. The minimum atomic E-state index is -3.02. The van der Waals surface area contributed by atoms with Crippen LogP contribution in [0.4, 0.5) is 33.5 Å². The molecule has 0 unspecified atom stereocenters. The molecule has 0 bridgehead atoms. The molecule has 1 saturated heterocycles. The number of nitrogen functional groups attached to an aromatic ring is 1. The molecule has 2 atom stereocenters. The molecule has 5 N–H and O–H groups in total. The molecule has 14 heteroatoms. The monoisotopic (exact) mass is 548 g/mol. The summed E-state index contributed by atoms with van der Waals surface area (Å²) in [5.41, 5.74) is 12.1. The molecule has 0 aliphatic carbocycles. The highest BCUT2D eigenvalue weighted by Crippen LogP contribution is 2.36. The summed E-state index contributed by atoms with van der Waals surface area (Å²) in [6, 6.07) is 4.63. The Kier molecular flexibility index (Phi) is 7.07. The molecule has 0 radical (unpaired) electrons. The summed E-state index contributed by atoms with van der Waals surface area (Å²) in [7, 11) is 0. The molecule has 9 nitrogen and oxygen atoms in total. The van der Waals surface area contributed by atoms with Crippen molar-refractivity contribution in [2.24, 2.45) is 5.73 Å². The molecule has 3 aromatic heterocycles. The number of halogens is 5. The van der Waals surface area contributed by atoms with Gasteiger partial charge in [-0.05, 0) is 42.7 Å². The Hall–Kier alpha value is -3.91. The van der Waals surface area contributed by atoms with E-state index in [-0.39, 0.29) is 36.6 Å². The molecule has 0 amide bonds. The van der Waals surface area contributed by atoms with E-state index in [1.165, 1.54) is 24.9 Å². The van der Waals surface area contributed by atoms with E-state index < -0.39 is 35.9 Å². The van der Waals surface area contributed by atoms with Crippen molar-refractivity contribution in [3.05, 3.63) is 60.1 Å². The van der Waals surface area contributed by atoms with Crippen LogP contribution in [-0.4, -0.2) is 60.8 Å². The van der Waals surface area contributed by atoms with Crippen molar-refractivity contribution in [2.45, 2.75) is 43.9 Å². The van der Waals surface area contributed by atoms with Crippen LogP contribution in [0, 0.1) is 5.82 Å². The standard InChI is InChI=1S/C25H25F5N8O/c26-14-2-3-15(16(7-14)21(27)28)17-6-13(9-38-12-36-19-23(31)34-11-35-24(19)38)18(8-33-17)37-5-1-4-25(32,10-37)20(39)22(29)30/h2-3,6-8,11-12,20-22,39H,1,4-5,9-10,32H2,(H2,31,34,35)/t20-,25-/m1/s1. The van der Waals surface area contributed by atoms with Crippen LogP contribution >= 0.6 is 0 Å². The Labute approximate surface area is 219 Å². The van der Waals surface area contributed by atoms with Crippen molar-refractivity contribution in [1.29, 1.82) is 0 Å². The third kappa shape index (κ3) is 5.08. The number of hydrogen-bond donors (Lipinski definition) is 3. The second-order valence-electron chi connectivity index (χ2n) is 9.57. The van der Waals surface area contributed by atoms with Gasteiger partial charge >= 0.3 is 0 Å².